The molecule has 0 aromatic carbocycles. The summed E-state index contributed by atoms with van der Waals surface area (Å²) in [5.41, 5.74) is 8.18. The van der Waals surface area contributed by atoms with E-state index in [1.807, 2.05) is 6.92 Å². The van der Waals surface area contributed by atoms with E-state index in [0.29, 0.717) is 28.9 Å². The van der Waals surface area contributed by atoms with Crippen LogP contribution in [0, 0.1) is 5.92 Å². The number of carbonyl (C=O) groups is 1. The van der Waals surface area contributed by atoms with Gasteiger partial charge in [-0.1, -0.05) is 13.8 Å². The highest BCUT2D eigenvalue weighted by molar-refractivity contribution is 7.18. The molecule has 0 aliphatic heterocycles. The molecule has 5 heteroatoms. The molecule has 0 spiro atoms. The van der Waals surface area contributed by atoms with Gasteiger partial charge in [0.05, 0.1) is 10.7 Å². The number of nitrogens with two attached hydrogens (primary N) is 1. The van der Waals surface area contributed by atoms with Crippen molar-refractivity contribution >= 4 is 27.9 Å². The van der Waals surface area contributed by atoms with Gasteiger partial charge in [0.15, 0.2) is 0 Å². The standard InChI is InChI=1S/C15H25N3OS/c1-5-17-14(19)13-12(16)11(10-6-7-10)15(20-13)18(4)8-9(2)3/h9-10H,5-8,16H2,1-4H3,(H,17,19). The molecular formula is C15H25N3OS. The monoisotopic (exact) mass is 295 g/mol. The summed E-state index contributed by atoms with van der Waals surface area (Å²) in [5.74, 6) is 1.10. The van der Waals surface area contributed by atoms with Crippen molar-refractivity contribution in [2.24, 2.45) is 5.92 Å². The number of amides is 1. The smallest absolute Gasteiger partial charge is 0.263 e. The van der Waals surface area contributed by atoms with E-state index < -0.39 is 0 Å². The number of nitrogens with one attached hydrogen (secondary N) is 1. The molecule has 1 heterocycles. The Hall–Kier alpha value is -1.23. The quantitative estimate of drug-likeness (QED) is 0.848. The van der Waals surface area contributed by atoms with Crippen molar-refractivity contribution in [1.82, 2.24) is 5.32 Å². The zero-order valence-electron chi connectivity index (χ0n) is 12.8. The molecule has 0 unspecified atom stereocenters. The third-order valence-corrected chi connectivity index (χ3v) is 4.81. The molecule has 0 bridgehead atoms. The van der Waals surface area contributed by atoms with Crippen molar-refractivity contribution in [3.63, 3.8) is 0 Å². The van der Waals surface area contributed by atoms with Crippen LogP contribution >= 0.6 is 11.3 Å². The Bertz CT molecular complexity index is 492. The van der Waals surface area contributed by atoms with Crippen molar-refractivity contribution < 1.29 is 4.79 Å². The van der Waals surface area contributed by atoms with E-state index in [-0.39, 0.29) is 5.91 Å². The second kappa shape index (κ2) is 6.04. The summed E-state index contributed by atoms with van der Waals surface area (Å²) < 4.78 is 0. The van der Waals surface area contributed by atoms with E-state index in [2.05, 4.69) is 31.1 Å². The molecule has 1 saturated carbocycles. The Kier molecular flexibility index (Phi) is 4.58. The maximum atomic E-state index is 12.1. The molecule has 1 aliphatic rings. The first-order chi connectivity index (χ1) is 9.45. The normalized spacial score (nSPS) is 14.7. The fraction of sp³-hybridized carbons (Fsp3) is 0.667. The van der Waals surface area contributed by atoms with Gasteiger partial charge in [0, 0.05) is 25.7 Å². The first kappa shape index (κ1) is 15.2. The summed E-state index contributed by atoms with van der Waals surface area (Å²) in [6, 6.07) is 0. The number of carbonyl (C=O) groups excluding carboxylic acids is 1. The van der Waals surface area contributed by atoms with E-state index in [9.17, 15) is 4.79 Å². The van der Waals surface area contributed by atoms with Gasteiger partial charge in [-0.2, -0.15) is 0 Å². The van der Waals surface area contributed by atoms with Gasteiger partial charge >= 0.3 is 0 Å². The lowest BCUT2D eigenvalue weighted by atomic mass is 10.1. The first-order valence-electron chi connectivity index (χ1n) is 7.37. The van der Waals surface area contributed by atoms with Crippen LogP contribution in [0.4, 0.5) is 10.7 Å². The molecule has 20 heavy (non-hydrogen) atoms. The van der Waals surface area contributed by atoms with Crippen LogP contribution in [0.3, 0.4) is 0 Å². The highest BCUT2D eigenvalue weighted by Gasteiger charge is 2.33. The van der Waals surface area contributed by atoms with Crippen LogP contribution in [0.1, 0.15) is 54.8 Å². The van der Waals surface area contributed by atoms with E-state index in [4.69, 9.17) is 5.73 Å². The molecule has 4 nitrogen and oxygen atoms in total. The molecule has 1 aliphatic carbocycles. The third kappa shape index (κ3) is 3.08. The van der Waals surface area contributed by atoms with Gasteiger partial charge in [-0.15, -0.1) is 11.3 Å². The van der Waals surface area contributed by atoms with E-state index >= 15 is 0 Å². The minimum absolute atomic E-state index is 0.0407. The minimum atomic E-state index is -0.0407. The summed E-state index contributed by atoms with van der Waals surface area (Å²) in [7, 11) is 2.10. The number of thiophene rings is 1. The largest absolute Gasteiger partial charge is 0.397 e. The Labute approximate surface area is 125 Å². The van der Waals surface area contributed by atoms with E-state index in [1.165, 1.54) is 23.4 Å². The van der Waals surface area contributed by atoms with Crippen molar-refractivity contribution in [2.45, 2.75) is 39.5 Å². The van der Waals surface area contributed by atoms with Crippen LogP contribution in [-0.4, -0.2) is 26.0 Å². The minimum Gasteiger partial charge on any atom is -0.397 e. The fourth-order valence-corrected chi connectivity index (χ4v) is 3.73. The van der Waals surface area contributed by atoms with Crippen LogP contribution in [0.25, 0.3) is 0 Å². The highest BCUT2D eigenvalue weighted by Crippen LogP contribution is 2.51. The second-order valence-electron chi connectivity index (χ2n) is 5.97. The van der Waals surface area contributed by atoms with Gasteiger partial charge in [0.1, 0.15) is 4.88 Å². The topological polar surface area (TPSA) is 58.4 Å². The number of nitrogens with zero attached hydrogens (tertiary/aromatic N) is 1. The zero-order chi connectivity index (χ0) is 14.9. The van der Waals surface area contributed by atoms with E-state index in [1.54, 1.807) is 11.3 Å². The molecule has 0 saturated heterocycles. The molecule has 3 N–H and O–H groups in total. The van der Waals surface area contributed by atoms with Crippen LogP contribution in [0.5, 0.6) is 0 Å². The van der Waals surface area contributed by atoms with Crippen molar-refractivity contribution in [3.05, 3.63) is 10.4 Å². The van der Waals surface area contributed by atoms with Crippen LogP contribution < -0.4 is 16.0 Å². The molecule has 1 fully saturated rings. The summed E-state index contributed by atoms with van der Waals surface area (Å²) in [6.45, 7) is 7.94. The van der Waals surface area contributed by atoms with Crippen molar-refractivity contribution in [3.8, 4) is 0 Å². The predicted octanol–water partition coefficient (Wildman–Crippen LogP) is 3.05. The molecule has 2 rings (SSSR count). The molecule has 0 radical (unpaired) electrons. The van der Waals surface area contributed by atoms with Gasteiger partial charge in [-0.05, 0) is 31.6 Å². The molecule has 0 atom stereocenters. The summed E-state index contributed by atoms with van der Waals surface area (Å²) in [4.78, 5) is 15.1. The van der Waals surface area contributed by atoms with Crippen molar-refractivity contribution in [1.29, 1.82) is 0 Å². The van der Waals surface area contributed by atoms with Crippen LogP contribution in [-0.2, 0) is 0 Å². The Balaban J connectivity index is 2.34. The number of nitrogen functional groups attached to an aromatic ring is 1. The van der Waals surface area contributed by atoms with Crippen molar-refractivity contribution in [2.75, 3.05) is 30.8 Å². The maximum absolute atomic E-state index is 12.1. The summed E-state index contributed by atoms with van der Waals surface area (Å²) in [5, 5.41) is 4.04. The first-order valence-corrected chi connectivity index (χ1v) is 8.18. The average Bonchev–Trinajstić information content (AvgIpc) is 3.12. The van der Waals surface area contributed by atoms with E-state index in [0.717, 1.165) is 6.54 Å². The Morgan fingerprint density at radius 2 is 2.15 bits per heavy atom. The zero-order valence-corrected chi connectivity index (χ0v) is 13.6. The van der Waals surface area contributed by atoms with Crippen LogP contribution in [0.2, 0.25) is 0 Å². The number of anilines is 2. The summed E-state index contributed by atoms with van der Waals surface area (Å²) >= 11 is 1.54. The fourth-order valence-electron chi connectivity index (χ4n) is 2.53. The molecule has 1 aromatic rings. The van der Waals surface area contributed by atoms with Gasteiger partial charge in [0.2, 0.25) is 0 Å². The SMILES string of the molecule is CCNC(=O)c1sc(N(C)CC(C)C)c(C2CC2)c1N. The maximum Gasteiger partial charge on any atom is 0.263 e. The number of hydrogen-bond acceptors (Lipinski definition) is 4. The molecular weight excluding hydrogens is 270 g/mol. The molecule has 1 amide bonds. The van der Waals surface area contributed by atoms with Gasteiger partial charge in [-0.25, -0.2) is 0 Å². The van der Waals surface area contributed by atoms with Gasteiger partial charge < -0.3 is 16.0 Å². The summed E-state index contributed by atoms with van der Waals surface area (Å²) in [6.07, 6.45) is 2.39. The average molecular weight is 295 g/mol. The molecule has 112 valence electrons. The molecule has 1 aromatic heterocycles. The third-order valence-electron chi connectivity index (χ3n) is 3.48. The van der Waals surface area contributed by atoms with Gasteiger partial charge in [0.25, 0.3) is 5.91 Å². The number of hydrogen-bond donors (Lipinski definition) is 2. The highest BCUT2D eigenvalue weighted by atomic mass is 32.1. The lowest BCUT2D eigenvalue weighted by Crippen LogP contribution is -2.22. The van der Waals surface area contributed by atoms with Crippen LogP contribution in [0.15, 0.2) is 0 Å². The lowest BCUT2D eigenvalue weighted by molar-refractivity contribution is 0.0960. The lowest BCUT2D eigenvalue weighted by Gasteiger charge is -2.21. The number of rotatable bonds is 6. The second-order valence-corrected chi connectivity index (χ2v) is 6.97. The van der Waals surface area contributed by atoms with Gasteiger partial charge in [-0.3, -0.25) is 4.79 Å². The Morgan fingerprint density at radius 1 is 1.50 bits per heavy atom. The Morgan fingerprint density at radius 3 is 2.65 bits per heavy atom. The predicted molar refractivity (Wildman–Crippen MR) is 86.8 cm³/mol.